The number of allylic oxidation sites excluding steroid dienone is 1. The number of aryl methyl sites for hydroxylation is 2. The summed E-state index contributed by atoms with van der Waals surface area (Å²) in [6.07, 6.45) is 3.17. The van der Waals surface area contributed by atoms with Gasteiger partial charge in [-0.05, 0) is 31.4 Å². The lowest BCUT2D eigenvalue weighted by Gasteiger charge is -2.10. The minimum Gasteiger partial charge on any atom is -0.454 e. The van der Waals surface area contributed by atoms with Crippen LogP contribution in [-0.2, 0) is 7.05 Å². The van der Waals surface area contributed by atoms with Gasteiger partial charge in [-0.3, -0.25) is 4.57 Å². The Morgan fingerprint density at radius 2 is 2.14 bits per heavy atom. The van der Waals surface area contributed by atoms with Gasteiger partial charge in [0.15, 0.2) is 17.1 Å². The quantitative estimate of drug-likeness (QED) is 0.642. The van der Waals surface area contributed by atoms with Crippen LogP contribution in [0.4, 0.5) is 11.6 Å². The molecule has 0 saturated carbocycles. The Labute approximate surface area is 166 Å². The van der Waals surface area contributed by atoms with Gasteiger partial charge in [0.1, 0.15) is 5.52 Å². The van der Waals surface area contributed by atoms with E-state index in [-0.39, 0.29) is 12.5 Å². The number of unbranched alkanes of at least 4 members (excludes halogenated alkanes) is 1. The third-order valence-corrected chi connectivity index (χ3v) is 4.84. The van der Waals surface area contributed by atoms with E-state index < -0.39 is 0 Å². The van der Waals surface area contributed by atoms with Gasteiger partial charge in [-0.2, -0.15) is 10.2 Å². The number of aromatic nitrogens is 4. The second-order valence-electron chi connectivity index (χ2n) is 6.80. The third kappa shape index (κ3) is 3.29. The predicted molar refractivity (Wildman–Crippen MR) is 108 cm³/mol. The highest BCUT2D eigenvalue weighted by Crippen LogP contribution is 2.37. The molecule has 148 valence electrons. The summed E-state index contributed by atoms with van der Waals surface area (Å²) in [6, 6.07) is 5.83. The minimum absolute atomic E-state index is 0.199. The van der Waals surface area contributed by atoms with E-state index in [1.807, 2.05) is 19.1 Å². The van der Waals surface area contributed by atoms with Gasteiger partial charge in [0.25, 0.3) is 0 Å². The van der Waals surface area contributed by atoms with E-state index in [4.69, 9.17) is 14.7 Å². The lowest BCUT2D eigenvalue weighted by atomic mass is 10.2. The van der Waals surface area contributed by atoms with E-state index in [9.17, 15) is 4.79 Å². The number of rotatable bonds is 6. The molecule has 1 aromatic carbocycles. The van der Waals surface area contributed by atoms with Gasteiger partial charge >= 0.3 is 5.69 Å². The highest BCUT2D eigenvalue weighted by molar-refractivity contribution is 5.77. The number of hydrogen-bond donors (Lipinski definition) is 1. The molecule has 0 amide bonds. The standard InChI is InChI=1S/C20H20N6O3/c1-12-8-16-17(29-11-28-16)9-14(12)23-19-22-10-15-18(24-19)26(20(27)25(15)3)13(2)6-4-5-7-21/h8-10H,2,4-6,11H2,1,3H3,(H,22,23,24). The molecule has 0 unspecified atom stereocenters. The first-order chi connectivity index (χ1) is 14.0. The smallest absolute Gasteiger partial charge is 0.334 e. The van der Waals surface area contributed by atoms with Gasteiger partial charge in [-0.25, -0.2) is 14.3 Å². The van der Waals surface area contributed by atoms with Crippen molar-refractivity contribution >= 4 is 28.5 Å². The van der Waals surface area contributed by atoms with E-state index in [0.29, 0.717) is 53.6 Å². The van der Waals surface area contributed by atoms with Crippen LogP contribution >= 0.6 is 0 Å². The van der Waals surface area contributed by atoms with Crippen LogP contribution in [0.1, 0.15) is 24.8 Å². The van der Waals surface area contributed by atoms with Crippen molar-refractivity contribution in [3.63, 3.8) is 0 Å². The molecule has 9 heteroatoms. The fourth-order valence-corrected chi connectivity index (χ4v) is 3.24. The monoisotopic (exact) mass is 392 g/mol. The zero-order chi connectivity index (χ0) is 20.5. The number of nitrogens with zero attached hydrogens (tertiary/aromatic N) is 5. The van der Waals surface area contributed by atoms with E-state index >= 15 is 0 Å². The normalized spacial score (nSPS) is 12.2. The number of fused-ring (bicyclic) bond motifs is 2. The number of benzene rings is 1. The Balaban J connectivity index is 1.71. The molecule has 0 atom stereocenters. The number of ether oxygens (including phenoxy) is 2. The van der Waals surface area contributed by atoms with Gasteiger partial charge < -0.3 is 14.8 Å². The molecule has 3 aromatic rings. The van der Waals surface area contributed by atoms with Crippen molar-refractivity contribution < 1.29 is 9.47 Å². The number of imidazole rings is 1. The molecule has 0 fully saturated rings. The molecule has 1 aliphatic heterocycles. The van der Waals surface area contributed by atoms with Gasteiger partial charge in [-0.15, -0.1) is 0 Å². The Kier molecular flexibility index (Phi) is 4.68. The molecule has 0 aliphatic carbocycles. The number of nitrogens with one attached hydrogen (secondary N) is 1. The summed E-state index contributed by atoms with van der Waals surface area (Å²) in [7, 11) is 1.67. The third-order valence-electron chi connectivity index (χ3n) is 4.84. The van der Waals surface area contributed by atoms with Crippen LogP contribution in [0, 0.1) is 18.3 Å². The minimum atomic E-state index is -0.243. The molecule has 1 aliphatic rings. The summed E-state index contributed by atoms with van der Waals surface area (Å²) in [5.74, 6) is 1.71. The maximum atomic E-state index is 12.7. The largest absolute Gasteiger partial charge is 0.454 e. The highest BCUT2D eigenvalue weighted by atomic mass is 16.7. The lowest BCUT2D eigenvalue weighted by Crippen LogP contribution is -2.21. The molecule has 2 aromatic heterocycles. The van der Waals surface area contributed by atoms with Crippen LogP contribution in [0.2, 0.25) is 0 Å². The average molecular weight is 392 g/mol. The molecule has 0 bridgehead atoms. The van der Waals surface area contributed by atoms with Crippen LogP contribution in [0.15, 0.2) is 29.7 Å². The van der Waals surface area contributed by atoms with Crippen molar-refractivity contribution in [3.05, 3.63) is 41.0 Å². The van der Waals surface area contributed by atoms with E-state index in [2.05, 4.69) is 27.9 Å². The van der Waals surface area contributed by atoms with Crippen molar-refractivity contribution in [2.45, 2.75) is 26.2 Å². The fraction of sp³-hybridized carbons (Fsp3) is 0.300. The summed E-state index contributed by atoms with van der Waals surface area (Å²) in [5, 5.41) is 11.9. The van der Waals surface area contributed by atoms with E-state index in [0.717, 1.165) is 11.3 Å². The lowest BCUT2D eigenvalue weighted by molar-refractivity contribution is 0.174. The summed E-state index contributed by atoms with van der Waals surface area (Å²) in [4.78, 5) is 21.6. The molecular formula is C20H20N6O3. The molecule has 9 nitrogen and oxygen atoms in total. The predicted octanol–water partition coefficient (Wildman–Crippen LogP) is 3.08. The molecule has 29 heavy (non-hydrogen) atoms. The Morgan fingerprint density at radius 1 is 1.38 bits per heavy atom. The summed E-state index contributed by atoms with van der Waals surface area (Å²) < 4.78 is 13.8. The van der Waals surface area contributed by atoms with Gasteiger partial charge in [0.2, 0.25) is 12.7 Å². The Bertz CT molecular complexity index is 1220. The van der Waals surface area contributed by atoms with Crippen molar-refractivity contribution in [2.24, 2.45) is 7.05 Å². The number of anilines is 2. The first kappa shape index (κ1) is 18.6. The van der Waals surface area contributed by atoms with Crippen LogP contribution in [0.3, 0.4) is 0 Å². The molecule has 0 radical (unpaired) electrons. The first-order valence-electron chi connectivity index (χ1n) is 9.16. The summed E-state index contributed by atoms with van der Waals surface area (Å²) in [5.41, 5.74) is 3.16. The molecule has 3 heterocycles. The Hall–Kier alpha value is -3.80. The summed E-state index contributed by atoms with van der Waals surface area (Å²) in [6.45, 7) is 6.16. The van der Waals surface area contributed by atoms with Crippen molar-refractivity contribution in [1.29, 1.82) is 5.26 Å². The topological polar surface area (TPSA) is 107 Å². The molecular weight excluding hydrogens is 372 g/mol. The molecule has 4 rings (SSSR count). The van der Waals surface area contributed by atoms with Crippen molar-refractivity contribution in [1.82, 2.24) is 19.1 Å². The van der Waals surface area contributed by atoms with E-state index in [1.54, 1.807) is 13.2 Å². The summed E-state index contributed by atoms with van der Waals surface area (Å²) >= 11 is 0. The van der Waals surface area contributed by atoms with Crippen LogP contribution in [0.5, 0.6) is 11.5 Å². The maximum absolute atomic E-state index is 12.7. The SMILES string of the molecule is C=C(CCCC#N)n1c(=O)n(C)c2cnc(Nc3cc4c(cc3C)OCO4)nc21. The zero-order valence-corrected chi connectivity index (χ0v) is 16.2. The second-order valence-corrected chi connectivity index (χ2v) is 6.80. The first-order valence-corrected chi connectivity index (χ1v) is 9.16. The second kappa shape index (κ2) is 7.31. The van der Waals surface area contributed by atoms with Crippen LogP contribution in [-0.4, -0.2) is 25.9 Å². The molecule has 1 N–H and O–H groups in total. The van der Waals surface area contributed by atoms with Crippen molar-refractivity contribution in [3.8, 4) is 17.6 Å². The highest BCUT2D eigenvalue weighted by Gasteiger charge is 2.18. The van der Waals surface area contributed by atoms with Crippen molar-refractivity contribution in [2.75, 3.05) is 12.1 Å². The Morgan fingerprint density at radius 3 is 2.90 bits per heavy atom. The number of hydrogen-bond acceptors (Lipinski definition) is 7. The molecule has 0 saturated heterocycles. The average Bonchev–Trinajstić information content (AvgIpc) is 3.24. The van der Waals surface area contributed by atoms with Crippen LogP contribution < -0.4 is 20.5 Å². The number of nitriles is 1. The van der Waals surface area contributed by atoms with Gasteiger partial charge in [0, 0.05) is 30.9 Å². The molecule has 0 spiro atoms. The zero-order valence-electron chi connectivity index (χ0n) is 16.2. The van der Waals surface area contributed by atoms with Crippen LogP contribution in [0.25, 0.3) is 16.9 Å². The fourth-order valence-electron chi connectivity index (χ4n) is 3.24. The van der Waals surface area contributed by atoms with Gasteiger partial charge in [0.05, 0.1) is 12.3 Å². The van der Waals surface area contributed by atoms with E-state index in [1.165, 1.54) is 9.13 Å². The maximum Gasteiger partial charge on any atom is 0.334 e. The van der Waals surface area contributed by atoms with Gasteiger partial charge in [-0.1, -0.05) is 6.58 Å².